The maximum absolute atomic E-state index is 13.2. The molecule has 7 heteroatoms. The van der Waals surface area contributed by atoms with E-state index in [1.54, 1.807) is 17.2 Å². The number of aromatic nitrogens is 1. The Hall–Kier alpha value is -2.83. The zero-order valence-electron chi connectivity index (χ0n) is 16.2. The van der Waals surface area contributed by atoms with Crippen molar-refractivity contribution in [3.05, 3.63) is 83.0 Å². The summed E-state index contributed by atoms with van der Waals surface area (Å²) < 4.78 is 0. The van der Waals surface area contributed by atoms with E-state index < -0.39 is 0 Å². The van der Waals surface area contributed by atoms with Crippen LogP contribution in [0.2, 0.25) is 5.02 Å². The maximum Gasteiger partial charge on any atom is 0.259 e. The molecule has 30 heavy (non-hydrogen) atoms. The highest BCUT2D eigenvalue weighted by molar-refractivity contribution is 7.99. The van der Waals surface area contributed by atoms with Gasteiger partial charge in [-0.1, -0.05) is 53.7 Å². The molecule has 152 valence electrons. The van der Waals surface area contributed by atoms with E-state index in [1.807, 2.05) is 54.6 Å². The van der Waals surface area contributed by atoms with E-state index in [1.165, 1.54) is 11.8 Å². The van der Waals surface area contributed by atoms with Gasteiger partial charge in [-0.05, 0) is 42.3 Å². The topological polar surface area (TPSA) is 62.3 Å². The van der Waals surface area contributed by atoms with Gasteiger partial charge in [0.2, 0.25) is 5.91 Å². The summed E-state index contributed by atoms with van der Waals surface area (Å²) >= 11 is 7.62. The molecule has 3 aromatic rings. The molecule has 0 radical (unpaired) electrons. The lowest BCUT2D eigenvalue weighted by molar-refractivity contribution is -0.121. The Bertz CT molecular complexity index is 1090. The van der Waals surface area contributed by atoms with Crippen molar-refractivity contribution in [3.63, 3.8) is 0 Å². The van der Waals surface area contributed by atoms with Crippen molar-refractivity contribution < 1.29 is 9.59 Å². The number of hydrogen-bond acceptors (Lipinski definition) is 4. The fourth-order valence-corrected chi connectivity index (χ4v) is 4.52. The Balaban J connectivity index is 1.41. The summed E-state index contributed by atoms with van der Waals surface area (Å²) in [6, 6.07) is 18.7. The zero-order chi connectivity index (χ0) is 20.9. The highest BCUT2D eigenvalue weighted by atomic mass is 35.5. The molecule has 0 saturated heterocycles. The van der Waals surface area contributed by atoms with Gasteiger partial charge in [0, 0.05) is 35.6 Å². The van der Waals surface area contributed by atoms with Crippen LogP contribution in [0, 0.1) is 0 Å². The van der Waals surface area contributed by atoms with Gasteiger partial charge in [0.05, 0.1) is 11.3 Å². The Kier molecular flexibility index (Phi) is 6.35. The molecule has 0 spiro atoms. The molecule has 0 fully saturated rings. The van der Waals surface area contributed by atoms with Crippen LogP contribution in [0.5, 0.6) is 0 Å². The normalized spacial score (nSPS) is 12.7. The second-order valence-corrected chi connectivity index (χ2v) is 8.29. The zero-order valence-corrected chi connectivity index (χ0v) is 17.7. The van der Waals surface area contributed by atoms with E-state index in [0.29, 0.717) is 36.5 Å². The third-order valence-electron chi connectivity index (χ3n) is 4.83. The summed E-state index contributed by atoms with van der Waals surface area (Å²) in [5.74, 6) is -0.139. The number of nitrogens with zero attached hydrogens (tertiary/aromatic N) is 2. The number of hydrogen-bond donors (Lipinski definition) is 1. The number of nitrogens with one attached hydrogen (secondary N) is 1. The molecule has 0 atom stereocenters. The molecular weight excluding hydrogens is 418 g/mol. The Labute approximate surface area is 184 Å². The van der Waals surface area contributed by atoms with E-state index in [4.69, 9.17) is 11.6 Å². The number of pyridine rings is 1. The minimum Gasteiger partial charge on any atom is -0.352 e. The van der Waals surface area contributed by atoms with Gasteiger partial charge in [0.25, 0.3) is 5.91 Å². The second kappa shape index (κ2) is 9.32. The predicted octanol–water partition coefficient (Wildman–Crippen LogP) is 4.94. The number of carbonyl (C=O) groups is 2. The first-order chi connectivity index (χ1) is 14.6. The van der Waals surface area contributed by atoms with Gasteiger partial charge in [0.15, 0.2) is 0 Å². The van der Waals surface area contributed by atoms with Crippen LogP contribution in [0.3, 0.4) is 0 Å². The lowest BCUT2D eigenvalue weighted by atomic mass is 10.1. The van der Waals surface area contributed by atoms with Crippen molar-refractivity contribution in [2.75, 3.05) is 11.4 Å². The number of halogens is 1. The summed E-state index contributed by atoms with van der Waals surface area (Å²) in [4.78, 5) is 32.6. The number of fused-ring (bicyclic) bond motifs is 2. The molecule has 1 aromatic heterocycles. The standard InChI is InChI=1S/C23H20ClN3O2S/c24-18-9-3-1-7-16(18)15-26-21(28)12-6-14-27-19-10-5-13-25-22(19)30-20-11-4-2-8-17(20)23(27)29/h1-5,7-11,13H,6,12,14-15H2,(H,26,28). The largest absolute Gasteiger partial charge is 0.352 e. The molecule has 0 saturated carbocycles. The Morgan fingerprint density at radius 3 is 2.73 bits per heavy atom. The van der Waals surface area contributed by atoms with Gasteiger partial charge in [-0.15, -0.1) is 0 Å². The molecule has 4 rings (SSSR count). The fraction of sp³-hybridized carbons (Fsp3) is 0.174. The van der Waals surface area contributed by atoms with Crippen LogP contribution in [-0.4, -0.2) is 23.3 Å². The smallest absolute Gasteiger partial charge is 0.259 e. The summed E-state index contributed by atoms with van der Waals surface area (Å²) in [6.07, 6.45) is 2.59. The third kappa shape index (κ3) is 4.50. The van der Waals surface area contributed by atoms with E-state index in [0.717, 1.165) is 21.2 Å². The van der Waals surface area contributed by atoms with E-state index in [9.17, 15) is 9.59 Å². The minimum atomic E-state index is -0.0709. The minimum absolute atomic E-state index is 0.0682. The van der Waals surface area contributed by atoms with Crippen LogP contribution in [0.4, 0.5) is 5.69 Å². The van der Waals surface area contributed by atoms with Crippen LogP contribution in [0.15, 0.2) is 76.8 Å². The van der Waals surface area contributed by atoms with Gasteiger partial charge in [0.1, 0.15) is 5.03 Å². The van der Waals surface area contributed by atoms with Crippen molar-refractivity contribution in [2.45, 2.75) is 29.3 Å². The highest BCUT2D eigenvalue weighted by Gasteiger charge is 2.27. The Morgan fingerprint density at radius 1 is 1.07 bits per heavy atom. The molecule has 1 aliphatic rings. The van der Waals surface area contributed by atoms with Crippen molar-refractivity contribution in [1.82, 2.24) is 10.3 Å². The maximum atomic E-state index is 13.2. The van der Waals surface area contributed by atoms with Crippen LogP contribution in [0.1, 0.15) is 28.8 Å². The summed E-state index contributed by atoms with van der Waals surface area (Å²) in [7, 11) is 0. The van der Waals surface area contributed by atoms with Gasteiger partial charge in [-0.25, -0.2) is 4.98 Å². The summed E-state index contributed by atoms with van der Waals surface area (Å²) in [6.45, 7) is 0.823. The molecular formula is C23H20ClN3O2S. The molecule has 2 aromatic carbocycles. The third-order valence-corrected chi connectivity index (χ3v) is 6.28. The monoisotopic (exact) mass is 437 g/mol. The average Bonchev–Trinajstić information content (AvgIpc) is 2.88. The molecule has 0 bridgehead atoms. The molecule has 1 aliphatic heterocycles. The SMILES string of the molecule is O=C(CCCN1C(=O)c2ccccc2Sc2ncccc21)NCc1ccccc1Cl. The first-order valence-electron chi connectivity index (χ1n) is 9.67. The van der Waals surface area contributed by atoms with Gasteiger partial charge >= 0.3 is 0 Å². The summed E-state index contributed by atoms with van der Waals surface area (Å²) in [5.41, 5.74) is 2.31. The van der Waals surface area contributed by atoms with Crippen molar-refractivity contribution in [2.24, 2.45) is 0 Å². The highest BCUT2D eigenvalue weighted by Crippen LogP contribution is 2.39. The first-order valence-corrected chi connectivity index (χ1v) is 10.9. The number of carbonyl (C=O) groups excluding carboxylic acids is 2. The van der Waals surface area contributed by atoms with E-state index in [2.05, 4.69) is 10.3 Å². The first kappa shape index (κ1) is 20.4. The van der Waals surface area contributed by atoms with Crippen LogP contribution >= 0.6 is 23.4 Å². The van der Waals surface area contributed by atoms with Crippen LogP contribution < -0.4 is 10.2 Å². The fourth-order valence-electron chi connectivity index (χ4n) is 3.30. The molecule has 5 nitrogen and oxygen atoms in total. The molecule has 2 amide bonds. The van der Waals surface area contributed by atoms with Crippen LogP contribution in [-0.2, 0) is 11.3 Å². The van der Waals surface area contributed by atoms with Crippen molar-refractivity contribution >= 4 is 40.9 Å². The van der Waals surface area contributed by atoms with Crippen LogP contribution in [0.25, 0.3) is 0 Å². The lowest BCUT2D eigenvalue weighted by Gasteiger charge is -2.22. The molecule has 0 aliphatic carbocycles. The van der Waals surface area contributed by atoms with Crippen molar-refractivity contribution in [1.29, 1.82) is 0 Å². The number of benzene rings is 2. The number of amides is 2. The lowest BCUT2D eigenvalue weighted by Crippen LogP contribution is -2.33. The van der Waals surface area contributed by atoms with Crippen molar-refractivity contribution in [3.8, 4) is 0 Å². The summed E-state index contributed by atoms with van der Waals surface area (Å²) in [5, 5.41) is 4.32. The predicted molar refractivity (Wildman–Crippen MR) is 119 cm³/mol. The molecule has 2 heterocycles. The van der Waals surface area contributed by atoms with Gasteiger partial charge < -0.3 is 10.2 Å². The van der Waals surface area contributed by atoms with E-state index >= 15 is 0 Å². The Morgan fingerprint density at radius 2 is 1.87 bits per heavy atom. The molecule has 0 unspecified atom stereocenters. The quantitative estimate of drug-likeness (QED) is 0.593. The van der Waals surface area contributed by atoms with Gasteiger partial charge in [-0.2, -0.15) is 0 Å². The number of rotatable bonds is 6. The molecule has 1 N–H and O–H groups in total. The second-order valence-electron chi connectivity index (χ2n) is 6.85. The van der Waals surface area contributed by atoms with Gasteiger partial charge in [-0.3, -0.25) is 9.59 Å². The number of anilines is 1. The average molecular weight is 438 g/mol. The van der Waals surface area contributed by atoms with E-state index in [-0.39, 0.29) is 11.8 Å².